The number of anilines is 1. The number of rotatable bonds is 2. The van der Waals surface area contributed by atoms with E-state index >= 15 is 0 Å². The second-order valence-corrected chi connectivity index (χ2v) is 4.49. The van der Waals surface area contributed by atoms with Crippen molar-refractivity contribution in [1.29, 1.82) is 0 Å². The summed E-state index contributed by atoms with van der Waals surface area (Å²) in [5.41, 5.74) is 0. The van der Waals surface area contributed by atoms with E-state index in [-0.39, 0.29) is 0 Å². The number of hydrogen-bond donors (Lipinski definition) is 1. The fourth-order valence-electron chi connectivity index (χ4n) is 2.27. The quantitative estimate of drug-likeness (QED) is 0.781. The van der Waals surface area contributed by atoms with Gasteiger partial charge in [0.1, 0.15) is 5.82 Å². The molecule has 0 amide bonds. The van der Waals surface area contributed by atoms with Crippen LogP contribution in [0.3, 0.4) is 0 Å². The maximum atomic E-state index is 4.34. The minimum atomic E-state index is 0.633. The fourth-order valence-corrected chi connectivity index (χ4v) is 2.27. The highest BCUT2D eigenvalue weighted by Crippen LogP contribution is 2.25. The summed E-state index contributed by atoms with van der Waals surface area (Å²) in [6.45, 7) is 2.34. The maximum absolute atomic E-state index is 4.34. The molecule has 2 rings (SSSR count). The fraction of sp³-hybridized carbons (Fsp3) is 0.727. The van der Waals surface area contributed by atoms with Crippen LogP contribution >= 0.6 is 0 Å². The van der Waals surface area contributed by atoms with E-state index in [9.17, 15) is 0 Å². The molecule has 2 atom stereocenters. The molecule has 1 aromatic rings. The summed E-state index contributed by atoms with van der Waals surface area (Å²) in [7, 11) is 1.95. The van der Waals surface area contributed by atoms with Gasteiger partial charge in [0.25, 0.3) is 0 Å². The van der Waals surface area contributed by atoms with Crippen molar-refractivity contribution in [3.8, 4) is 0 Å². The molecule has 0 saturated heterocycles. The highest BCUT2D eigenvalue weighted by atomic mass is 15.3. The Kier molecular flexibility index (Phi) is 2.75. The van der Waals surface area contributed by atoms with Crippen molar-refractivity contribution in [2.75, 3.05) is 5.32 Å². The van der Waals surface area contributed by atoms with Crippen LogP contribution in [0.15, 0.2) is 12.3 Å². The third-order valence-electron chi connectivity index (χ3n) is 3.00. The molecule has 0 aromatic carbocycles. The largest absolute Gasteiger partial charge is 0.366 e. The molecule has 78 valence electrons. The SMILES string of the molecule is C[C@H]1CCC[C@@H](Nc2ccn(C)n2)C1. The Morgan fingerprint density at radius 1 is 1.50 bits per heavy atom. The van der Waals surface area contributed by atoms with Crippen LogP contribution in [0.2, 0.25) is 0 Å². The molecule has 0 radical (unpaired) electrons. The van der Waals surface area contributed by atoms with Crippen molar-refractivity contribution in [3.63, 3.8) is 0 Å². The van der Waals surface area contributed by atoms with Gasteiger partial charge in [0, 0.05) is 25.4 Å². The molecular weight excluding hydrogens is 174 g/mol. The number of hydrogen-bond acceptors (Lipinski definition) is 2. The van der Waals surface area contributed by atoms with Gasteiger partial charge in [0.05, 0.1) is 0 Å². The van der Waals surface area contributed by atoms with Gasteiger partial charge in [-0.25, -0.2) is 0 Å². The Balaban J connectivity index is 1.90. The Hall–Kier alpha value is -0.990. The summed E-state index contributed by atoms with van der Waals surface area (Å²) in [4.78, 5) is 0. The molecule has 0 unspecified atom stereocenters. The normalized spacial score (nSPS) is 27.6. The lowest BCUT2D eigenvalue weighted by Gasteiger charge is -2.27. The molecule has 14 heavy (non-hydrogen) atoms. The van der Waals surface area contributed by atoms with Crippen LogP contribution in [0.4, 0.5) is 5.82 Å². The Bertz CT molecular complexity index is 292. The zero-order valence-corrected chi connectivity index (χ0v) is 9.03. The second kappa shape index (κ2) is 4.03. The minimum absolute atomic E-state index is 0.633. The molecule has 3 heteroatoms. The summed E-state index contributed by atoms with van der Waals surface area (Å²) in [6, 6.07) is 2.67. The van der Waals surface area contributed by atoms with Crippen LogP contribution in [0.5, 0.6) is 0 Å². The van der Waals surface area contributed by atoms with Gasteiger partial charge in [-0.3, -0.25) is 4.68 Å². The van der Waals surface area contributed by atoms with Crippen LogP contribution in [-0.2, 0) is 7.05 Å². The molecule has 1 aliphatic carbocycles. The third kappa shape index (κ3) is 2.28. The summed E-state index contributed by atoms with van der Waals surface area (Å²) >= 11 is 0. The van der Waals surface area contributed by atoms with Crippen molar-refractivity contribution >= 4 is 5.82 Å². The van der Waals surface area contributed by atoms with Crippen molar-refractivity contribution < 1.29 is 0 Å². The van der Waals surface area contributed by atoms with E-state index in [1.807, 2.05) is 24.0 Å². The molecule has 3 nitrogen and oxygen atoms in total. The zero-order valence-electron chi connectivity index (χ0n) is 9.03. The van der Waals surface area contributed by atoms with Gasteiger partial charge < -0.3 is 5.32 Å². The molecule has 1 saturated carbocycles. The average molecular weight is 193 g/mol. The number of aromatic nitrogens is 2. The molecule has 1 fully saturated rings. The Labute approximate surface area is 85.5 Å². The highest BCUT2D eigenvalue weighted by Gasteiger charge is 2.18. The predicted molar refractivity (Wildman–Crippen MR) is 58.3 cm³/mol. The summed E-state index contributed by atoms with van der Waals surface area (Å²) in [6.07, 6.45) is 7.30. The van der Waals surface area contributed by atoms with Crippen molar-refractivity contribution in [2.24, 2.45) is 13.0 Å². The maximum Gasteiger partial charge on any atom is 0.148 e. The summed E-state index contributed by atoms with van der Waals surface area (Å²) in [5.74, 6) is 1.89. The smallest absolute Gasteiger partial charge is 0.148 e. The molecule has 1 N–H and O–H groups in total. The Morgan fingerprint density at radius 3 is 3.00 bits per heavy atom. The van der Waals surface area contributed by atoms with E-state index in [1.165, 1.54) is 25.7 Å². The first-order valence-corrected chi connectivity index (χ1v) is 5.50. The molecular formula is C11H19N3. The lowest BCUT2D eigenvalue weighted by Crippen LogP contribution is -2.26. The van der Waals surface area contributed by atoms with E-state index in [2.05, 4.69) is 17.3 Å². The monoisotopic (exact) mass is 193 g/mol. The first kappa shape index (κ1) is 9.56. The topological polar surface area (TPSA) is 29.9 Å². The Morgan fingerprint density at radius 2 is 2.36 bits per heavy atom. The van der Waals surface area contributed by atoms with Gasteiger partial charge in [-0.2, -0.15) is 5.10 Å². The first-order valence-electron chi connectivity index (χ1n) is 5.50. The van der Waals surface area contributed by atoms with E-state index in [1.54, 1.807) is 0 Å². The van der Waals surface area contributed by atoms with E-state index in [0.29, 0.717) is 6.04 Å². The van der Waals surface area contributed by atoms with Crippen LogP contribution in [0.1, 0.15) is 32.6 Å². The molecule has 0 spiro atoms. The van der Waals surface area contributed by atoms with E-state index in [0.717, 1.165) is 11.7 Å². The van der Waals surface area contributed by atoms with Crippen LogP contribution in [0.25, 0.3) is 0 Å². The van der Waals surface area contributed by atoms with Crippen molar-refractivity contribution in [2.45, 2.75) is 38.6 Å². The molecule has 1 aliphatic rings. The van der Waals surface area contributed by atoms with Gasteiger partial charge in [0.15, 0.2) is 0 Å². The third-order valence-corrected chi connectivity index (χ3v) is 3.00. The van der Waals surface area contributed by atoms with Crippen LogP contribution < -0.4 is 5.32 Å². The molecule has 0 aliphatic heterocycles. The summed E-state index contributed by atoms with van der Waals surface area (Å²) < 4.78 is 1.84. The van der Waals surface area contributed by atoms with Gasteiger partial charge in [0.2, 0.25) is 0 Å². The van der Waals surface area contributed by atoms with Crippen LogP contribution in [-0.4, -0.2) is 15.8 Å². The predicted octanol–water partition coefficient (Wildman–Crippen LogP) is 2.41. The van der Waals surface area contributed by atoms with Gasteiger partial charge in [-0.1, -0.05) is 19.8 Å². The molecule has 0 bridgehead atoms. The molecule has 1 heterocycles. The minimum Gasteiger partial charge on any atom is -0.366 e. The van der Waals surface area contributed by atoms with Gasteiger partial charge in [-0.05, 0) is 18.8 Å². The summed E-state index contributed by atoms with van der Waals surface area (Å²) in [5, 5.41) is 7.84. The first-order chi connectivity index (χ1) is 6.74. The van der Waals surface area contributed by atoms with Crippen LogP contribution in [0, 0.1) is 5.92 Å². The number of aryl methyl sites for hydroxylation is 1. The van der Waals surface area contributed by atoms with Gasteiger partial charge in [-0.15, -0.1) is 0 Å². The average Bonchev–Trinajstić information content (AvgIpc) is 2.51. The van der Waals surface area contributed by atoms with Gasteiger partial charge >= 0.3 is 0 Å². The zero-order chi connectivity index (χ0) is 9.97. The lowest BCUT2D eigenvalue weighted by atomic mass is 9.87. The lowest BCUT2D eigenvalue weighted by molar-refractivity contribution is 0.358. The van der Waals surface area contributed by atoms with E-state index < -0.39 is 0 Å². The molecule has 1 aromatic heterocycles. The highest BCUT2D eigenvalue weighted by molar-refractivity contribution is 5.33. The standard InChI is InChI=1S/C11H19N3/c1-9-4-3-5-10(8-9)12-11-6-7-14(2)13-11/h6-7,9-10H,3-5,8H2,1-2H3,(H,12,13)/t9-,10+/m0/s1. The van der Waals surface area contributed by atoms with Crippen molar-refractivity contribution in [3.05, 3.63) is 12.3 Å². The second-order valence-electron chi connectivity index (χ2n) is 4.49. The van der Waals surface area contributed by atoms with Crippen molar-refractivity contribution in [1.82, 2.24) is 9.78 Å². The number of nitrogens with zero attached hydrogens (tertiary/aromatic N) is 2. The number of nitrogens with one attached hydrogen (secondary N) is 1. The van der Waals surface area contributed by atoms with E-state index in [4.69, 9.17) is 0 Å².